The van der Waals surface area contributed by atoms with Crippen LogP contribution in [-0.2, 0) is 5.41 Å². The zero-order valence-electron chi connectivity index (χ0n) is 11.8. The third-order valence-corrected chi connectivity index (χ3v) is 3.93. The van der Waals surface area contributed by atoms with Gasteiger partial charge in [0.2, 0.25) is 0 Å². The molecule has 0 atom stereocenters. The summed E-state index contributed by atoms with van der Waals surface area (Å²) in [5, 5.41) is 6.74. The molecule has 0 fully saturated rings. The van der Waals surface area contributed by atoms with Crippen LogP contribution in [0.2, 0.25) is 4.34 Å². The number of hydrogen-bond acceptors (Lipinski definition) is 4. The number of amides is 2. The lowest BCUT2D eigenvalue weighted by molar-refractivity contribution is 0.0846. The van der Waals surface area contributed by atoms with Gasteiger partial charge in [0.05, 0.1) is 9.21 Å². The normalized spacial score (nSPS) is 11.2. The number of nitrogens with zero attached hydrogens (tertiary/aromatic N) is 1. The number of halogens is 1. The van der Waals surface area contributed by atoms with Crippen LogP contribution in [0.25, 0.3) is 0 Å². The molecule has 0 saturated carbocycles. The van der Waals surface area contributed by atoms with Crippen LogP contribution >= 0.6 is 22.9 Å². The molecule has 8 heteroatoms. The van der Waals surface area contributed by atoms with E-state index in [4.69, 9.17) is 11.6 Å². The van der Waals surface area contributed by atoms with Gasteiger partial charge in [-0.25, -0.2) is 0 Å². The number of H-pyrrole nitrogens is 1. The minimum absolute atomic E-state index is 0.136. The Bertz CT molecular complexity index is 672. The Hall–Kier alpha value is -1.86. The summed E-state index contributed by atoms with van der Waals surface area (Å²) in [6.45, 7) is 6.01. The number of hydrogen-bond donors (Lipinski definition) is 3. The molecule has 0 aromatic carbocycles. The van der Waals surface area contributed by atoms with Gasteiger partial charge < -0.3 is 0 Å². The Morgan fingerprint density at radius 2 is 1.90 bits per heavy atom. The van der Waals surface area contributed by atoms with Gasteiger partial charge in [-0.1, -0.05) is 32.4 Å². The van der Waals surface area contributed by atoms with Crippen molar-refractivity contribution in [3.05, 3.63) is 38.8 Å². The van der Waals surface area contributed by atoms with Crippen LogP contribution in [0.1, 0.15) is 46.6 Å². The number of rotatable bonds is 2. The predicted molar refractivity (Wildman–Crippen MR) is 81.5 cm³/mol. The fraction of sp³-hybridized carbons (Fsp3) is 0.308. The standard InChI is InChI=1S/C13H15ClN4O2S/c1-13(2,3)9-6-7(15-16-9)11(19)17-18-12(20)8-4-5-10(14)21-8/h4-6H,1-3H3,(H,15,16)(H,17,19)(H,18,20). The van der Waals surface area contributed by atoms with E-state index < -0.39 is 11.8 Å². The van der Waals surface area contributed by atoms with Gasteiger partial charge >= 0.3 is 0 Å². The maximum atomic E-state index is 11.9. The molecule has 2 rings (SSSR count). The number of carbonyl (C=O) groups is 2. The number of thiophene rings is 1. The molecule has 0 aliphatic heterocycles. The first-order chi connectivity index (χ1) is 9.77. The second kappa shape index (κ2) is 5.87. The fourth-order valence-corrected chi connectivity index (χ4v) is 2.44. The number of carbonyl (C=O) groups excluding carboxylic acids is 2. The molecule has 0 aliphatic carbocycles. The van der Waals surface area contributed by atoms with E-state index in [-0.39, 0.29) is 11.1 Å². The highest BCUT2D eigenvalue weighted by molar-refractivity contribution is 7.17. The maximum absolute atomic E-state index is 11.9. The highest BCUT2D eigenvalue weighted by atomic mass is 35.5. The summed E-state index contributed by atoms with van der Waals surface area (Å²) in [6.07, 6.45) is 0. The van der Waals surface area contributed by atoms with Gasteiger partial charge in [0, 0.05) is 11.1 Å². The van der Waals surface area contributed by atoms with Crippen molar-refractivity contribution in [1.29, 1.82) is 0 Å². The van der Waals surface area contributed by atoms with E-state index >= 15 is 0 Å². The molecule has 2 heterocycles. The van der Waals surface area contributed by atoms with E-state index in [0.29, 0.717) is 9.21 Å². The summed E-state index contributed by atoms with van der Waals surface area (Å²) in [4.78, 5) is 24.1. The third kappa shape index (κ3) is 3.83. The van der Waals surface area contributed by atoms with E-state index in [0.717, 1.165) is 17.0 Å². The monoisotopic (exact) mass is 326 g/mol. The van der Waals surface area contributed by atoms with Gasteiger partial charge in [-0.2, -0.15) is 5.10 Å². The van der Waals surface area contributed by atoms with Gasteiger partial charge in [-0.05, 0) is 18.2 Å². The molecule has 3 N–H and O–H groups in total. The second-order valence-electron chi connectivity index (χ2n) is 5.43. The minimum Gasteiger partial charge on any atom is -0.281 e. The zero-order valence-corrected chi connectivity index (χ0v) is 13.4. The molecule has 0 aliphatic rings. The largest absolute Gasteiger partial charge is 0.290 e. The molecule has 0 saturated heterocycles. The molecular weight excluding hydrogens is 312 g/mol. The lowest BCUT2D eigenvalue weighted by atomic mass is 9.92. The van der Waals surface area contributed by atoms with Crippen molar-refractivity contribution < 1.29 is 9.59 Å². The Balaban J connectivity index is 1.96. The van der Waals surface area contributed by atoms with Gasteiger partial charge in [-0.3, -0.25) is 25.5 Å². The Kier molecular flexibility index (Phi) is 4.34. The minimum atomic E-state index is -0.488. The predicted octanol–water partition coefficient (Wildman–Crippen LogP) is 2.50. The summed E-state index contributed by atoms with van der Waals surface area (Å²) in [5.41, 5.74) is 5.54. The topological polar surface area (TPSA) is 86.9 Å². The van der Waals surface area contributed by atoms with Crippen molar-refractivity contribution in [3.63, 3.8) is 0 Å². The van der Waals surface area contributed by atoms with Crippen LogP contribution in [0, 0.1) is 0 Å². The van der Waals surface area contributed by atoms with Crippen molar-refractivity contribution >= 4 is 34.8 Å². The first-order valence-corrected chi connectivity index (χ1v) is 7.39. The van der Waals surface area contributed by atoms with Crippen LogP contribution < -0.4 is 10.9 Å². The van der Waals surface area contributed by atoms with Gasteiger partial charge in [0.25, 0.3) is 11.8 Å². The lowest BCUT2D eigenvalue weighted by Crippen LogP contribution is -2.41. The Labute approximate surface area is 130 Å². The third-order valence-electron chi connectivity index (χ3n) is 2.71. The fourth-order valence-electron chi connectivity index (χ4n) is 1.50. The molecule has 0 unspecified atom stereocenters. The summed E-state index contributed by atoms with van der Waals surface area (Å²) < 4.78 is 0.508. The van der Waals surface area contributed by atoms with Crippen LogP contribution in [0.3, 0.4) is 0 Å². The van der Waals surface area contributed by atoms with Gasteiger partial charge in [0.1, 0.15) is 0 Å². The van der Waals surface area contributed by atoms with E-state index in [2.05, 4.69) is 21.0 Å². The number of aromatic amines is 1. The summed E-state index contributed by atoms with van der Waals surface area (Å²) in [6, 6.07) is 4.86. The molecule has 0 radical (unpaired) electrons. The Morgan fingerprint density at radius 3 is 2.43 bits per heavy atom. The van der Waals surface area contributed by atoms with Crippen LogP contribution in [0.5, 0.6) is 0 Å². The molecule has 2 aromatic heterocycles. The highest BCUT2D eigenvalue weighted by Gasteiger charge is 2.19. The number of aromatic nitrogens is 2. The van der Waals surface area contributed by atoms with Crippen LogP contribution in [0.4, 0.5) is 0 Å². The van der Waals surface area contributed by atoms with Gasteiger partial charge in [0.15, 0.2) is 5.69 Å². The Morgan fingerprint density at radius 1 is 1.24 bits per heavy atom. The number of nitrogens with one attached hydrogen (secondary N) is 3. The van der Waals surface area contributed by atoms with E-state index in [1.807, 2.05) is 20.8 Å². The maximum Gasteiger partial charge on any atom is 0.290 e. The van der Waals surface area contributed by atoms with Crippen LogP contribution in [-0.4, -0.2) is 22.0 Å². The quantitative estimate of drug-likeness (QED) is 0.741. The lowest BCUT2D eigenvalue weighted by Gasteiger charge is -2.14. The van der Waals surface area contributed by atoms with Crippen LogP contribution in [0.15, 0.2) is 18.2 Å². The number of hydrazine groups is 1. The first-order valence-electron chi connectivity index (χ1n) is 6.19. The smallest absolute Gasteiger partial charge is 0.281 e. The van der Waals surface area contributed by atoms with Gasteiger partial charge in [-0.15, -0.1) is 11.3 Å². The van der Waals surface area contributed by atoms with E-state index in [1.165, 1.54) is 0 Å². The van der Waals surface area contributed by atoms with Crippen molar-refractivity contribution in [1.82, 2.24) is 21.0 Å². The zero-order chi connectivity index (χ0) is 15.6. The summed E-state index contributed by atoms with van der Waals surface area (Å²) in [7, 11) is 0. The summed E-state index contributed by atoms with van der Waals surface area (Å²) in [5.74, 6) is -0.912. The van der Waals surface area contributed by atoms with Crippen molar-refractivity contribution in [2.45, 2.75) is 26.2 Å². The molecule has 21 heavy (non-hydrogen) atoms. The SMILES string of the molecule is CC(C)(C)c1cc(C(=O)NNC(=O)c2ccc(Cl)s2)n[nH]1. The molecule has 112 valence electrons. The van der Waals surface area contributed by atoms with E-state index in [1.54, 1.807) is 18.2 Å². The molecule has 0 bridgehead atoms. The molecule has 0 spiro atoms. The molecule has 2 amide bonds. The molecular formula is C13H15ClN4O2S. The second-order valence-corrected chi connectivity index (χ2v) is 7.14. The molecule has 6 nitrogen and oxygen atoms in total. The van der Waals surface area contributed by atoms with Crippen molar-refractivity contribution in [2.24, 2.45) is 0 Å². The van der Waals surface area contributed by atoms with Crippen molar-refractivity contribution in [2.75, 3.05) is 0 Å². The highest BCUT2D eigenvalue weighted by Crippen LogP contribution is 2.21. The first kappa shape index (κ1) is 15.5. The van der Waals surface area contributed by atoms with E-state index in [9.17, 15) is 9.59 Å². The summed E-state index contributed by atoms with van der Waals surface area (Å²) >= 11 is 6.88. The average Bonchev–Trinajstić information content (AvgIpc) is 3.03. The average molecular weight is 327 g/mol. The molecule has 2 aromatic rings. The van der Waals surface area contributed by atoms with Crippen molar-refractivity contribution in [3.8, 4) is 0 Å².